The van der Waals surface area contributed by atoms with E-state index >= 15 is 0 Å². The molecule has 0 heterocycles. The highest BCUT2D eigenvalue weighted by Crippen LogP contribution is 2.30. The monoisotopic (exact) mass is 296 g/mol. The van der Waals surface area contributed by atoms with Gasteiger partial charge in [-0.2, -0.15) is 0 Å². The summed E-state index contributed by atoms with van der Waals surface area (Å²) in [6, 6.07) is 0.384. The van der Waals surface area contributed by atoms with Crippen LogP contribution in [0.2, 0.25) is 0 Å². The Morgan fingerprint density at radius 1 is 1.19 bits per heavy atom. The van der Waals surface area contributed by atoms with Gasteiger partial charge in [-0.3, -0.25) is 4.79 Å². The third kappa shape index (κ3) is 4.61. The zero-order chi connectivity index (χ0) is 15.4. The SMILES string of the molecule is CC(C)CN(C(=O)NCC1CCCCC1C(=O)O)C1CC1. The molecule has 0 aromatic carbocycles. The van der Waals surface area contributed by atoms with E-state index in [1.54, 1.807) is 0 Å². The van der Waals surface area contributed by atoms with E-state index in [4.69, 9.17) is 0 Å². The number of rotatable bonds is 6. The largest absolute Gasteiger partial charge is 0.481 e. The summed E-state index contributed by atoms with van der Waals surface area (Å²) < 4.78 is 0. The van der Waals surface area contributed by atoms with Crippen molar-refractivity contribution in [3.8, 4) is 0 Å². The molecule has 2 amide bonds. The van der Waals surface area contributed by atoms with Crippen LogP contribution in [0.1, 0.15) is 52.4 Å². The molecular formula is C16H28N2O3. The predicted molar refractivity (Wildman–Crippen MR) is 81.0 cm³/mol. The molecule has 0 aromatic rings. The second-order valence-corrected chi connectivity index (χ2v) is 6.95. The Morgan fingerprint density at radius 3 is 2.43 bits per heavy atom. The molecule has 2 aliphatic carbocycles. The van der Waals surface area contributed by atoms with E-state index in [-0.39, 0.29) is 17.9 Å². The van der Waals surface area contributed by atoms with Crippen molar-refractivity contribution >= 4 is 12.0 Å². The standard InChI is InChI=1S/C16H28N2O3/c1-11(2)10-18(13-7-8-13)16(21)17-9-12-5-3-4-6-14(12)15(19)20/h11-14H,3-10H2,1-2H3,(H,17,21)(H,19,20). The van der Waals surface area contributed by atoms with E-state index in [1.807, 2.05) is 4.90 Å². The van der Waals surface area contributed by atoms with Crippen LogP contribution in [-0.4, -0.2) is 41.1 Å². The van der Waals surface area contributed by atoms with E-state index in [1.165, 1.54) is 0 Å². The molecule has 2 N–H and O–H groups in total. The molecule has 2 unspecified atom stereocenters. The first-order valence-electron chi connectivity index (χ1n) is 8.26. The quantitative estimate of drug-likeness (QED) is 0.791. The van der Waals surface area contributed by atoms with Crippen molar-refractivity contribution in [2.45, 2.75) is 58.4 Å². The summed E-state index contributed by atoms with van der Waals surface area (Å²) in [4.78, 5) is 25.6. The summed E-state index contributed by atoms with van der Waals surface area (Å²) in [5, 5.41) is 12.3. The molecule has 0 spiro atoms. The van der Waals surface area contributed by atoms with Crippen molar-refractivity contribution in [3.05, 3.63) is 0 Å². The van der Waals surface area contributed by atoms with E-state index in [0.29, 0.717) is 18.5 Å². The lowest BCUT2D eigenvalue weighted by atomic mass is 9.79. The van der Waals surface area contributed by atoms with Crippen molar-refractivity contribution in [1.29, 1.82) is 0 Å². The van der Waals surface area contributed by atoms with Gasteiger partial charge in [0.1, 0.15) is 0 Å². The first kappa shape index (κ1) is 16.1. The summed E-state index contributed by atoms with van der Waals surface area (Å²) in [6.45, 7) is 5.51. The fourth-order valence-electron chi connectivity index (χ4n) is 3.27. The Balaban J connectivity index is 1.85. The molecule has 120 valence electrons. The van der Waals surface area contributed by atoms with Crippen molar-refractivity contribution in [2.75, 3.05) is 13.1 Å². The fraction of sp³-hybridized carbons (Fsp3) is 0.875. The first-order chi connectivity index (χ1) is 9.99. The molecule has 2 atom stereocenters. The molecule has 2 saturated carbocycles. The number of carbonyl (C=O) groups excluding carboxylic acids is 1. The van der Waals surface area contributed by atoms with Crippen LogP contribution in [0.4, 0.5) is 4.79 Å². The summed E-state index contributed by atoms with van der Waals surface area (Å²) in [5.74, 6) is -0.466. The number of carbonyl (C=O) groups is 2. The van der Waals surface area contributed by atoms with Crippen LogP contribution in [0.15, 0.2) is 0 Å². The van der Waals surface area contributed by atoms with Gasteiger partial charge in [-0.25, -0.2) is 4.79 Å². The topological polar surface area (TPSA) is 69.6 Å². The second-order valence-electron chi connectivity index (χ2n) is 6.95. The second kappa shape index (κ2) is 7.14. The summed E-state index contributed by atoms with van der Waals surface area (Å²) in [7, 11) is 0. The molecular weight excluding hydrogens is 268 g/mol. The number of urea groups is 1. The van der Waals surface area contributed by atoms with Gasteiger partial charge in [-0.15, -0.1) is 0 Å². The van der Waals surface area contributed by atoms with Gasteiger partial charge >= 0.3 is 12.0 Å². The van der Waals surface area contributed by atoms with E-state index in [2.05, 4.69) is 19.2 Å². The summed E-state index contributed by atoms with van der Waals surface area (Å²) in [5.41, 5.74) is 0. The van der Waals surface area contributed by atoms with Crippen LogP contribution < -0.4 is 5.32 Å². The van der Waals surface area contributed by atoms with Crippen LogP contribution >= 0.6 is 0 Å². The average molecular weight is 296 g/mol. The van der Waals surface area contributed by atoms with Gasteiger partial charge in [-0.1, -0.05) is 26.7 Å². The molecule has 0 radical (unpaired) electrons. The van der Waals surface area contributed by atoms with Crippen LogP contribution in [0.3, 0.4) is 0 Å². The molecule has 21 heavy (non-hydrogen) atoms. The molecule has 2 fully saturated rings. The highest BCUT2D eigenvalue weighted by Gasteiger charge is 2.34. The van der Waals surface area contributed by atoms with Gasteiger partial charge in [0.2, 0.25) is 0 Å². The lowest BCUT2D eigenvalue weighted by Gasteiger charge is -2.30. The van der Waals surface area contributed by atoms with E-state index < -0.39 is 5.97 Å². The van der Waals surface area contributed by atoms with Gasteiger partial charge in [0.25, 0.3) is 0 Å². The predicted octanol–water partition coefficient (Wildman–Crippen LogP) is 2.71. The average Bonchev–Trinajstić information content (AvgIpc) is 3.26. The van der Waals surface area contributed by atoms with E-state index in [9.17, 15) is 14.7 Å². The minimum absolute atomic E-state index is 0.0130. The fourth-order valence-corrected chi connectivity index (χ4v) is 3.27. The zero-order valence-electron chi connectivity index (χ0n) is 13.2. The number of carboxylic acids is 1. The Bertz CT molecular complexity index is 380. The lowest BCUT2D eigenvalue weighted by molar-refractivity contribution is -0.144. The Hall–Kier alpha value is -1.26. The highest BCUT2D eigenvalue weighted by atomic mass is 16.4. The van der Waals surface area contributed by atoms with Crippen LogP contribution in [0.5, 0.6) is 0 Å². The maximum atomic E-state index is 12.3. The molecule has 2 aliphatic rings. The van der Waals surface area contributed by atoms with Gasteiger partial charge in [0, 0.05) is 19.1 Å². The third-order valence-electron chi connectivity index (χ3n) is 4.55. The number of carboxylic acid groups (broad SMARTS) is 1. The maximum absolute atomic E-state index is 12.3. The van der Waals surface area contributed by atoms with Gasteiger partial charge < -0.3 is 15.3 Å². The smallest absolute Gasteiger partial charge is 0.317 e. The summed E-state index contributed by atoms with van der Waals surface area (Å²) >= 11 is 0. The number of hydrogen-bond acceptors (Lipinski definition) is 2. The number of nitrogens with one attached hydrogen (secondary N) is 1. The number of nitrogens with zero attached hydrogens (tertiary/aromatic N) is 1. The van der Waals surface area contributed by atoms with Crippen LogP contribution in [-0.2, 0) is 4.79 Å². The van der Waals surface area contributed by atoms with E-state index in [0.717, 1.165) is 45.1 Å². The molecule has 2 rings (SSSR count). The minimum Gasteiger partial charge on any atom is -0.481 e. The molecule has 5 nitrogen and oxygen atoms in total. The Labute approximate surface area is 127 Å². The van der Waals surface area contributed by atoms with Gasteiger partial charge in [0.05, 0.1) is 5.92 Å². The Kier molecular flexibility index (Phi) is 5.48. The first-order valence-corrected chi connectivity index (χ1v) is 8.26. The number of hydrogen-bond donors (Lipinski definition) is 2. The lowest BCUT2D eigenvalue weighted by Crippen LogP contribution is -2.46. The van der Waals surface area contributed by atoms with Crippen LogP contribution in [0, 0.1) is 17.8 Å². The van der Waals surface area contributed by atoms with Crippen molar-refractivity contribution in [2.24, 2.45) is 17.8 Å². The van der Waals surface area contributed by atoms with Crippen molar-refractivity contribution < 1.29 is 14.7 Å². The number of aliphatic carboxylic acids is 1. The Morgan fingerprint density at radius 2 is 1.86 bits per heavy atom. The molecule has 0 aromatic heterocycles. The van der Waals surface area contributed by atoms with Gasteiger partial charge in [-0.05, 0) is 37.5 Å². The van der Waals surface area contributed by atoms with Gasteiger partial charge in [0.15, 0.2) is 0 Å². The van der Waals surface area contributed by atoms with Crippen molar-refractivity contribution in [3.63, 3.8) is 0 Å². The molecule has 0 aliphatic heterocycles. The highest BCUT2D eigenvalue weighted by molar-refractivity contribution is 5.75. The third-order valence-corrected chi connectivity index (χ3v) is 4.55. The zero-order valence-corrected chi connectivity index (χ0v) is 13.2. The maximum Gasteiger partial charge on any atom is 0.317 e. The minimum atomic E-state index is -0.713. The van der Waals surface area contributed by atoms with Crippen LogP contribution in [0.25, 0.3) is 0 Å². The molecule has 0 bridgehead atoms. The summed E-state index contributed by atoms with van der Waals surface area (Å²) in [6.07, 6.45) is 5.91. The molecule has 0 saturated heterocycles. The molecule has 5 heteroatoms. The normalized spacial score (nSPS) is 25.7. The van der Waals surface area contributed by atoms with Crippen molar-refractivity contribution in [1.82, 2.24) is 10.2 Å². The number of amides is 2.